The second-order valence-electron chi connectivity index (χ2n) is 5.15. The van der Waals surface area contributed by atoms with Gasteiger partial charge in [-0.15, -0.1) is 0 Å². The Morgan fingerprint density at radius 3 is 2.07 bits per heavy atom. The van der Waals surface area contributed by atoms with Crippen molar-refractivity contribution in [3.05, 3.63) is 0 Å². The van der Waals surface area contributed by atoms with Crippen LogP contribution in [0, 0.1) is 11.8 Å². The van der Waals surface area contributed by atoms with Crippen molar-refractivity contribution < 1.29 is 4.79 Å². The van der Waals surface area contributed by atoms with Crippen molar-refractivity contribution in [1.29, 1.82) is 0 Å². The molecule has 0 amide bonds. The van der Waals surface area contributed by atoms with Crippen molar-refractivity contribution in [2.75, 3.05) is 11.5 Å². The fourth-order valence-electron chi connectivity index (χ4n) is 2.89. The fraction of sp³-hybridized carbons (Fsp3) is 0.923. The first-order valence-corrected chi connectivity index (χ1v) is 7.59. The molecule has 2 rings (SSSR count). The van der Waals surface area contributed by atoms with E-state index in [1.807, 2.05) is 11.8 Å². The van der Waals surface area contributed by atoms with Gasteiger partial charge in [0.05, 0.1) is 0 Å². The zero-order chi connectivity index (χ0) is 10.5. The lowest BCUT2D eigenvalue weighted by Crippen LogP contribution is -2.15. The Morgan fingerprint density at radius 1 is 0.933 bits per heavy atom. The summed E-state index contributed by atoms with van der Waals surface area (Å²) in [7, 11) is 0. The van der Waals surface area contributed by atoms with Gasteiger partial charge in [-0.25, -0.2) is 0 Å². The summed E-state index contributed by atoms with van der Waals surface area (Å²) < 4.78 is 0. The number of thioether (sulfide) groups is 1. The Morgan fingerprint density at radius 2 is 1.47 bits per heavy atom. The number of ketones is 1. The lowest BCUT2D eigenvalue weighted by atomic mass is 9.91. The number of hydrogen-bond acceptors (Lipinski definition) is 2. The summed E-state index contributed by atoms with van der Waals surface area (Å²) in [5, 5.41) is 0. The predicted octanol–water partition coefficient (Wildman–Crippen LogP) is 3.67. The van der Waals surface area contributed by atoms with Crippen molar-refractivity contribution in [2.45, 2.75) is 51.4 Å². The van der Waals surface area contributed by atoms with Crippen molar-refractivity contribution >= 4 is 17.5 Å². The summed E-state index contributed by atoms with van der Waals surface area (Å²) in [6, 6.07) is 0. The highest BCUT2D eigenvalue weighted by atomic mass is 32.2. The average Bonchev–Trinajstić information content (AvgIpc) is 2.71. The molecule has 1 saturated heterocycles. The monoisotopic (exact) mass is 226 g/mol. The van der Waals surface area contributed by atoms with Crippen LogP contribution < -0.4 is 0 Å². The molecule has 1 aliphatic heterocycles. The molecule has 0 spiro atoms. The minimum absolute atomic E-state index is 0.554. The van der Waals surface area contributed by atoms with Gasteiger partial charge in [0, 0.05) is 12.8 Å². The molecule has 0 aromatic carbocycles. The van der Waals surface area contributed by atoms with Gasteiger partial charge in [0.25, 0.3) is 0 Å². The van der Waals surface area contributed by atoms with E-state index < -0.39 is 0 Å². The van der Waals surface area contributed by atoms with Gasteiger partial charge in [0.2, 0.25) is 0 Å². The van der Waals surface area contributed by atoms with Crippen molar-refractivity contribution in [2.24, 2.45) is 11.8 Å². The first-order chi connectivity index (χ1) is 7.34. The van der Waals surface area contributed by atoms with Crippen LogP contribution in [-0.4, -0.2) is 17.3 Å². The van der Waals surface area contributed by atoms with Crippen LogP contribution in [0.5, 0.6) is 0 Å². The maximum absolute atomic E-state index is 11.9. The van der Waals surface area contributed by atoms with Gasteiger partial charge in [-0.1, -0.05) is 25.7 Å². The molecule has 0 radical (unpaired) electrons. The van der Waals surface area contributed by atoms with Crippen molar-refractivity contribution in [3.8, 4) is 0 Å². The summed E-state index contributed by atoms with van der Waals surface area (Å²) >= 11 is 2.05. The Kier molecular flexibility index (Phi) is 4.55. The lowest BCUT2D eigenvalue weighted by Gasteiger charge is -2.21. The summed E-state index contributed by atoms with van der Waals surface area (Å²) in [4.78, 5) is 11.9. The van der Waals surface area contributed by atoms with E-state index >= 15 is 0 Å². The molecule has 86 valence electrons. The van der Waals surface area contributed by atoms with Crippen LogP contribution in [0.2, 0.25) is 0 Å². The van der Waals surface area contributed by atoms with Crippen LogP contribution in [0.15, 0.2) is 0 Å². The third kappa shape index (κ3) is 3.82. The molecule has 15 heavy (non-hydrogen) atoms. The van der Waals surface area contributed by atoms with Crippen LogP contribution in [0.1, 0.15) is 51.4 Å². The van der Waals surface area contributed by atoms with E-state index in [0.717, 1.165) is 24.7 Å². The Labute approximate surface area is 97.4 Å². The second kappa shape index (κ2) is 5.93. The number of carbonyl (C=O) groups excluding carboxylic acids is 1. The summed E-state index contributed by atoms with van der Waals surface area (Å²) in [6.45, 7) is 0. The first kappa shape index (κ1) is 11.5. The highest BCUT2D eigenvalue weighted by Crippen LogP contribution is 2.30. The average molecular weight is 226 g/mol. The van der Waals surface area contributed by atoms with E-state index in [2.05, 4.69) is 0 Å². The SMILES string of the molecule is O=C(CC1CCCC1)CC1CCSCC1. The Balaban J connectivity index is 1.66. The van der Waals surface area contributed by atoms with Crippen molar-refractivity contribution in [1.82, 2.24) is 0 Å². The molecular formula is C13H22OS. The van der Waals surface area contributed by atoms with Gasteiger partial charge >= 0.3 is 0 Å². The molecule has 0 atom stereocenters. The smallest absolute Gasteiger partial charge is 0.133 e. The molecule has 2 heteroatoms. The van der Waals surface area contributed by atoms with Crippen LogP contribution >= 0.6 is 11.8 Å². The van der Waals surface area contributed by atoms with E-state index in [4.69, 9.17) is 0 Å². The van der Waals surface area contributed by atoms with E-state index in [-0.39, 0.29) is 0 Å². The van der Waals surface area contributed by atoms with Gasteiger partial charge in [-0.3, -0.25) is 4.79 Å². The van der Waals surface area contributed by atoms with Crippen LogP contribution in [0.3, 0.4) is 0 Å². The number of carbonyl (C=O) groups is 1. The maximum atomic E-state index is 11.9. The van der Waals surface area contributed by atoms with Crippen LogP contribution in [0.4, 0.5) is 0 Å². The molecular weight excluding hydrogens is 204 g/mol. The summed E-state index contributed by atoms with van der Waals surface area (Å²) in [5.41, 5.74) is 0. The van der Waals surface area contributed by atoms with Gasteiger partial charge in [-0.2, -0.15) is 11.8 Å². The van der Waals surface area contributed by atoms with Gasteiger partial charge in [0.15, 0.2) is 0 Å². The van der Waals surface area contributed by atoms with Gasteiger partial charge < -0.3 is 0 Å². The van der Waals surface area contributed by atoms with Gasteiger partial charge in [0.1, 0.15) is 5.78 Å². The molecule has 1 saturated carbocycles. The van der Waals surface area contributed by atoms with Crippen molar-refractivity contribution in [3.63, 3.8) is 0 Å². The fourth-order valence-corrected chi connectivity index (χ4v) is 4.10. The predicted molar refractivity (Wildman–Crippen MR) is 66.2 cm³/mol. The largest absolute Gasteiger partial charge is 0.300 e. The van der Waals surface area contributed by atoms with Crippen LogP contribution in [-0.2, 0) is 4.79 Å². The highest BCUT2D eigenvalue weighted by Gasteiger charge is 2.21. The van der Waals surface area contributed by atoms with E-state index in [0.29, 0.717) is 5.78 Å². The normalized spacial score (nSPS) is 24.5. The quantitative estimate of drug-likeness (QED) is 0.727. The molecule has 2 aliphatic rings. The molecule has 0 aromatic rings. The zero-order valence-electron chi connectivity index (χ0n) is 9.54. The molecule has 0 unspecified atom stereocenters. The summed E-state index contributed by atoms with van der Waals surface area (Å²) in [5.74, 6) is 4.58. The second-order valence-corrected chi connectivity index (χ2v) is 6.38. The van der Waals surface area contributed by atoms with Crippen LogP contribution in [0.25, 0.3) is 0 Å². The Hall–Kier alpha value is 0.0200. The zero-order valence-corrected chi connectivity index (χ0v) is 10.4. The molecule has 1 nitrogen and oxygen atoms in total. The summed E-state index contributed by atoms with van der Waals surface area (Å²) in [6.07, 6.45) is 9.68. The third-order valence-electron chi connectivity index (χ3n) is 3.85. The molecule has 1 heterocycles. The van der Waals surface area contributed by atoms with E-state index in [1.165, 1.54) is 50.0 Å². The maximum Gasteiger partial charge on any atom is 0.133 e. The number of Topliss-reactive ketones (excluding diaryl/α,β-unsaturated/α-hetero) is 1. The molecule has 1 aliphatic carbocycles. The Bertz CT molecular complexity index is 203. The van der Waals surface area contributed by atoms with Gasteiger partial charge in [-0.05, 0) is 36.2 Å². The standard InChI is InChI=1S/C13H22OS/c14-13(9-11-3-1-2-4-11)10-12-5-7-15-8-6-12/h11-12H,1-10H2. The number of hydrogen-bond donors (Lipinski definition) is 0. The minimum Gasteiger partial charge on any atom is -0.300 e. The molecule has 2 fully saturated rings. The van der Waals surface area contributed by atoms with E-state index in [1.54, 1.807) is 0 Å². The third-order valence-corrected chi connectivity index (χ3v) is 4.90. The lowest BCUT2D eigenvalue weighted by molar-refractivity contribution is -0.120. The van der Waals surface area contributed by atoms with E-state index in [9.17, 15) is 4.79 Å². The molecule has 0 bridgehead atoms. The molecule has 0 N–H and O–H groups in total. The molecule has 0 aromatic heterocycles. The first-order valence-electron chi connectivity index (χ1n) is 6.44. The minimum atomic E-state index is 0.554. The highest BCUT2D eigenvalue weighted by molar-refractivity contribution is 7.99. The topological polar surface area (TPSA) is 17.1 Å². The number of rotatable bonds is 4.